The molecular weight excluding hydrogens is 400 g/mol. The van der Waals surface area contributed by atoms with Crippen molar-refractivity contribution in [2.24, 2.45) is 4.99 Å². The first-order chi connectivity index (χ1) is 13.6. The van der Waals surface area contributed by atoms with E-state index < -0.39 is 4.92 Å². The number of nitrogens with zero attached hydrogens (tertiary/aromatic N) is 4. The topological polar surface area (TPSA) is 99.6 Å². The fourth-order valence-electron chi connectivity index (χ4n) is 2.80. The Labute approximate surface area is 166 Å². The number of benzene rings is 2. The van der Waals surface area contributed by atoms with E-state index in [9.17, 15) is 14.9 Å². The summed E-state index contributed by atoms with van der Waals surface area (Å²) >= 11 is 2.70. The minimum atomic E-state index is -0.440. The molecule has 2 aromatic heterocycles. The Bertz CT molecular complexity index is 1270. The zero-order chi connectivity index (χ0) is 19.7. The highest BCUT2D eigenvalue weighted by molar-refractivity contribution is 7.17. The van der Waals surface area contributed by atoms with Gasteiger partial charge in [0.1, 0.15) is 0 Å². The Kier molecular flexibility index (Phi) is 4.99. The van der Waals surface area contributed by atoms with Gasteiger partial charge in [-0.05, 0) is 24.3 Å². The van der Waals surface area contributed by atoms with E-state index in [1.807, 2.05) is 4.57 Å². The second-order valence-electron chi connectivity index (χ2n) is 5.89. The van der Waals surface area contributed by atoms with Crippen LogP contribution in [0.1, 0.15) is 10.4 Å². The number of rotatable bonds is 5. The molecule has 142 valence electrons. The molecule has 0 spiro atoms. The van der Waals surface area contributed by atoms with Crippen molar-refractivity contribution in [1.82, 2.24) is 9.55 Å². The van der Waals surface area contributed by atoms with Crippen molar-refractivity contribution < 1.29 is 14.5 Å². The van der Waals surface area contributed by atoms with Crippen LogP contribution in [0.4, 0.5) is 5.69 Å². The first kappa shape index (κ1) is 18.4. The number of amides is 1. The smallest absolute Gasteiger partial charge is 0.279 e. The standard InChI is InChI=1S/C18H14N4O4S2/c1-26-7-6-21-14-5-3-12(22(24)25)9-16(14)28-18(21)20-17(23)11-2-4-13-15(8-11)27-10-19-13/h2-5,8-10H,6-7H2,1H3. The summed E-state index contributed by atoms with van der Waals surface area (Å²) in [4.78, 5) is 32.3. The third kappa shape index (κ3) is 3.44. The van der Waals surface area contributed by atoms with E-state index in [-0.39, 0.29) is 11.6 Å². The monoisotopic (exact) mass is 414 g/mol. The number of non-ortho nitro benzene ring substituents is 1. The molecule has 0 unspecified atom stereocenters. The molecule has 8 nitrogen and oxygen atoms in total. The summed E-state index contributed by atoms with van der Waals surface area (Å²) in [5.41, 5.74) is 3.82. The molecule has 0 saturated heterocycles. The van der Waals surface area contributed by atoms with E-state index in [2.05, 4.69) is 9.98 Å². The predicted octanol–water partition coefficient (Wildman–Crippen LogP) is 3.61. The number of aromatic nitrogens is 2. The van der Waals surface area contributed by atoms with Gasteiger partial charge in [0.05, 0.1) is 37.5 Å². The highest BCUT2D eigenvalue weighted by Gasteiger charge is 2.13. The molecule has 0 aliphatic heterocycles. The van der Waals surface area contributed by atoms with Crippen molar-refractivity contribution in [2.45, 2.75) is 6.54 Å². The molecule has 0 atom stereocenters. The zero-order valence-electron chi connectivity index (χ0n) is 14.7. The third-order valence-electron chi connectivity index (χ3n) is 4.17. The van der Waals surface area contributed by atoms with Crippen molar-refractivity contribution in [1.29, 1.82) is 0 Å². The Morgan fingerprint density at radius 1 is 1.29 bits per heavy atom. The summed E-state index contributed by atoms with van der Waals surface area (Å²) in [6.45, 7) is 0.908. The molecule has 10 heteroatoms. The molecule has 1 amide bonds. The number of methoxy groups -OCH3 is 1. The molecule has 0 bridgehead atoms. The lowest BCUT2D eigenvalue weighted by atomic mass is 10.2. The minimum absolute atomic E-state index is 0.00108. The van der Waals surface area contributed by atoms with Crippen LogP contribution in [-0.4, -0.2) is 34.1 Å². The van der Waals surface area contributed by atoms with Gasteiger partial charge in [0, 0.05) is 31.4 Å². The number of nitro groups is 1. The van der Waals surface area contributed by atoms with Crippen LogP contribution < -0.4 is 4.80 Å². The fourth-order valence-corrected chi connectivity index (χ4v) is 4.60. The lowest BCUT2D eigenvalue weighted by Gasteiger charge is -2.04. The quantitative estimate of drug-likeness (QED) is 0.367. The van der Waals surface area contributed by atoms with Crippen LogP contribution in [0.2, 0.25) is 0 Å². The van der Waals surface area contributed by atoms with E-state index in [1.54, 1.807) is 36.9 Å². The van der Waals surface area contributed by atoms with Gasteiger partial charge in [0.15, 0.2) is 4.80 Å². The maximum atomic E-state index is 12.7. The van der Waals surface area contributed by atoms with Crippen LogP contribution in [-0.2, 0) is 11.3 Å². The van der Waals surface area contributed by atoms with E-state index >= 15 is 0 Å². The number of carbonyl (C=O) groups excluding carboxylic acids is 1. The average molecular weight is 414 g/mol. The van der Waals surface area contributed by atoms with Crippen LogP contribution >= 0.6 is 22.7 Å². The maximum Gasteiger partial charge on any atom is 0.279 e. The molecule has 0 N–H and O–H groups in total. The molecule has 4 aromatic rings. The van der Waals surface area contributed by atoms with E-state index in [0.29, 0.717) is 28.2 Å². The van der Waals surface area contributed by atoms with Gasteiger partial charge in [-0.25, -0.2) is 4.98 Å². The van der Waals surface area contributed by atoms with Crippen molar-refractivity contribution in [3.63, 3.8) is 0 Å². The molecular formula is C18H14N4O4S2. The number of thiazole rings is 2. The first-order valence-corrected chi connectivity index (χ1v) is 9.95. The normalized spacial score (nSPS) is 12.1. The van der Waals surface area contributed by atoms with E-state index in [1.165, 1.54) is 34.8 Å². The van der Waals surface area contributed by atoms with Crippen LogP contribution in [0.3, 0.4) is 0 Å². The van der Waals surface area contributed by atoms with Gasteiger partial charge in [-0.15, -0.1) is 11.3 Å². The number of ether oxygens (including phenoxy) is 1. The molecule has 2 heterocycles. The second-order valence-corrected chi connectivity index (χ2v) is 7.79. The molecule has 0 radical (unpaired) electrons. The summed E-state index contributed by atoms with van der Waals surface area (Å²) in [5, 5.41) is 11.1. The highest BCUT2D eigenvalue weighted by Crippen LogP contribution is 2.24. The Hall–Kier alpha value is -2.95. The number of hydrogen-bond acceptors (Lipinski definition) is 7. The predicted molar refractivity (Wildman–Crippen MR) is 108 cm³/mol. The molecule has 0 fully saturated rings. The summed E-state index contributed by atoms with van der Waals surface area (Å²) in [7, 11) is 1.59. The Balaban J connectivity index is 1.82. The minimum Gasteiger partial charge on any atom is -0.383 e. The molecule has 28 heavy (non-hydrogen) atoms. The van der Waals surface area contributed by atoms with E-state index in [0.717, 1.165) is 15.7 Å². The first-order valence-electron chi connectivity index (χ1n) is 8.26. The Morgan fingerprint density at radius 2 is 2.14 bits per heavy atom. The molecule has 0 aliphatic carbocycles. The van der Waals surface area contributed by atoms with Gasteiger partial charge in [-0.2, -0.15) is 4.99 Å². The SMILES string of the molecule is COCCn1c(=NC(=O)c2ccc3ncsc3c2)sc2cc([N+](=O)[O-])ccc21. The Morgan fingerprint density at radius 3 is 2.93 bits per heavy atom. The maximum absolute atomic E-state index is 12.7. The number of nitro benzene ring substituents is 1. The number of hydrogen-bond donors (Lipinski definition) is 0. The summed E-state index contributed by atoms with van der Waals surface area (Å²) in [6.07, 6.45) is 0. The zero-order valence-corrected chi connectivity index (χ0v) is 16.3. The van der Waals surface area contributed by atoms with Crippen molar-refractivity contribution >= 4 is 54.7 Å². The second kappa shape index (κ2) is 7.58. The largest absolute Gasteiger partial charge is 0.383 e. The fraction of sp³-hybridized carbons (Fsp3) is 0.167. The van der Waals surface area contributed by atoms with Crippen molar-refractivity contribution in [3.05, 3.63) is 62.4 Å². The van der Waals surface area contributed by atoms with Gasteiger partial charge < -0.3 is 9.30 Å². The van der Waals surface area contributed by atoms with Crippen molar-refractivity contribution in [2.75, 3.05) is 13.7 Å². The summed E-state index contributed by atoms with van der Waals surface area (Å²) in [5.74, 6) is -0.373. The molecule has 2 aromatic carbocycles. The molecule has 0 aliphatic rings. The van der Waals surface area contributed by atoms with Crippen LogP contribution in [0.15, 0.2) is 46.9 Å². The van der Waals surface area contributed by atoms with Crippen LogP contribution in [0.5, 0.6) is 0 Å². The van der Waals surface area contributed by atoms with Gasteiger partial charge in [0.25, 0.3) is 11.6 Å². The molecule has 4 rings (SSSR count). The van der Waals surface area contributed by atoms with Gasteiger partial charge in [-0.3, -0.25) is 14.9 Å². The van der Waals surface area contributed by atoms with Crippen molar-refractivity contribution in [3.8, 4) is 0 Å². The number of fused-ring (bicyclic) bond motifs is 2. The van der Waals surface area contributed by atoms with Gasteiger partial charge in [-0.1, -0.05) is 11.3 Å². The van der Waals surface area contributed by atoms with E-state index in [4.69, 9.17) is 4.74 Å². The van der Waals surface area contributed by atoms with Crippen LogP contribution in [0.25, 0.3) is 20.4 Å². The summed E-state index contributed by atoms with van der Waals surface area (Å²) in [6, 6.07) is 9.88. The lowest BCUT2D eigenvalue weighted by molar-refractivity contribution is -0.384. The van der Waals surface area contributed by atoms with Crippen LogP contribution in [0, 0.1) is 10.1 Å². The third-order valence-corrected chi connectivity index (χ3v) is 6.00. The highest BCUT2D eigenvalue weighted by atomic mass is 32.1. The summed E-state index contributed by atoms with van der Waals surface area (Å²) < 4.78 is 8.60. The lowest BCUT2D eigenvalue weighted by Crippen LogP contribution is -2.19. The average Bonchev–Trinajstić information content (AvgIpc) is 3.29. The van der Waals surface area contributed by atoms with Gasteiger partial charge >= 0.3 is 0 Å². The molecule has 0 saturated carbocycles. The number of carbonyl (C=O) groups is 1. The van der Waals surface area contributed by atoms with Gasteiger partial charge in [0.2, 0.25) is 0 Å².